The lowest BCUT2D eigenvalue weighted by atomic mass is 9.95. The second-order valence-electron chi connectivity index (χ2n) is 6.35. The zero-order valence-electron chi connectivity index (χ0n) is 14.1. The van der Waals surface area contributed by atoms with Gasteiger partial charge in [0, 0.05) is 31.7 Å². The molecule has 1 heterocycles. The Labute approximate surface area is 130 Å². The van der Waals surface area contributed by atoms with Gasteiger partial charge in [0.15, 0.2) is 0 Å². The van der Waals surface area contributed by atoms with Crippen molar-refractivity contribution in [1.29, 1.82) is 0 Å². The highest BCUT2D eigenvalue weighted by Crippen LogP contribution is 2.15. The third-order valence-corrected chi connectivity index (χ3v) is 4.72. The fourth-order valence-corrected chi connectivity index (χ4v) is 3.25. The van der Waals surface area contributed by atoms with E-state index in [9.17, 15) is 0 Å². The second-order valence-corrected chi connectivity index (χ2v) is 6.35. The maximum atomic E-state index is 3.71. The predicted molar refractivity (Wildman–Crippen MR) is 90.9 cm³/mol. The van der Waals surface area contributed by atoms with Crippen LogP contribution in [0, 0.1) is 0 Å². The largest absolute Gasteiger partial charge is 0.312 e. The first-order valence-corrected chi connectivity index (χ1v) is 8.34. The van der Waals surface area contributed by atoms with Crippen molar-refractivity contribution in [3.05, 3.63) is 35.4 Å². The summed E-state index contributed by atoms with van der Waals surface area (Å²) in [4.78, 5) is 4.98. The summed E-state index contributed by atoms with van der Waals surface area (Å²) in [5, 5.41) is 3.71. The summed E-state index contributed by atoms with van der Waals surface area (Å²) in [6.45, 7) is 8.95. The summed E-state index contributed by atoms with van der Waals surface area (Å²) < 4.78 is 0. The van der Waals surface area contributed by atoms with E-state index in [0.717, 1.165) is 32.5 Å². The van der Waals surface area contributed by atoms with Crippen LogP contribution in [0.25, 0.3) is 0 Å². The van der Waals surface area contributed by atoms with E-state index in [1.54, 1.807) is 0 Å². The second kappa shape index (κ2) is 7.92. The molecule has 0 amide bonds. The maximum Gasteiger partial charge on any atom is 0.0377 e. The number of benzene rings is 1. The Morgan fingerprint density at radius 2 is 1.76 bits per heavy atom. The summed E-state index contributed by atoms with van der Waals surface area (Å²) >= 11 is 0. The van der Waals surface area contributed by atoms with Gasteiger partial charge in [-0.05, 0) is 44.6 Å². The van der Waals surface area contributed by atoms with E-state index in [2.05, 4.69) is 67.3 Å². The van der Waals surface area contributed by atoms with E-state index in [1.807, 2.05) is 0 Å². The van der Waals surface area contributed by atoms with Crippen molar-refractivity contribution in [2.45, 2.75) is 38.8 Å². The van der Waals surface area contributed by atoms with Gasteiger partial charge in [0.2, 0.25) is 0 Å². The van der Waals surface area contributed by atoms with Gasteiger partial charge in [0.1, 0.15) is 0 Å². The molecule has 3 heteroatoms. The molecular weight excluding hydrogens is 258 g/mol. The van der Waals surface area contributed by atoms with Crippen LogP contribution in [0.3, 0.4) is 0 Å². The molecule has 2 atom stereocenters. The number of rotatable bonds is 6. The molecular formula is C18H31N3. The molecule has 1 fully saturated rings. The molecule has 1 aliphatic heterocycles. The smallest absolute Gasteiger partial charge is 0.0377 e. The zero-order chi connectivity index (χ0) is 15.2. The van der Waals surface area contributed by atoms with Gasteiger partial charge in [-0.25, -0.2) is 0 Å². The van der Waals surface area contributed by atoms with E-state index in [1.165, 1.54) is 17.7 Å². The third kappa shape index (κ3) is 4.53. The Kier molecular flexibility index (Phi) is 6.22. The molecule has 1 N–H and O–H groups in total. The molecule has 1 aliphatic rings. The van der Waals surface area contributed by atoms with Crippen molar-refractivity contribution >= 4 is 0 Å². The Morgan fingerprint density at radius 3 is 2.38 bits per heavy atom. The first kappa shape index (κ1) is 16.5. The van der Waals surface area contributed by atoms with E-state index in [0.29, 0.717) is 12.1 Å². The third-order valence-electron chi connectivity index (χ3n) is 4.72. The van der Waals surface area contributed by atoms with Crippen LogP contribution in [-0.4, -0.2) is 62.2 Å². The normalized spacial score (nSPS) is 22.4. The van der Waals surface area contributed by atoms with Crippen molar-refractivity contribution in [3.8, 4) is 0 Å². The number of hydrogen-bond donors (Lipinski definition) is 1. The van der Waals surface area contributed by atoms with Gasteiger partial charge < -0.3 is 10.2 Å². The minimum absolute atomic E-state index is 0.523. The highest BCUT2D eigenvalue weighted by atomic mass is 15.3. The van der Waals surface area contributed by atoms with Crippen molar-refractivity contribution in [2.24, 2.45) is 0 Å². The predicted octanol–water partition coefficient (Wildman–Crippen LogP) is 2.02. The molecule has 3 nitrogen and oxygen atoms in total. The number of aryl methyl sites for hydroxylation is 1. The van der Waals surface area contributed by atoms with Crippen LogP contribution in [0.1, 0.15) is 25.0 Å². The average Bonchev–Trinajstić information content (AvgIpc) is 2.50. The molecule has 21 heavy (non-hydrogen) atoms. The summed E-state index contributed by atoms with van der Waals surface area (Å²) in [7, 11) is 4.50. The molecule has 2 unspecified atom stereocenters. The monoisotopic (exact) mass is 289 g/mol. The molecule has 0 bridgehead atoms. The van der Waals surface area contributed by atoms with Crippen molar-refractivity contribution < 1.29 is 0 Å². The van der Waals surface area contributed by atoms with Gasteiger partial charge >= 0.3 is 0 Å². The van der Waals surface area contributed by atoms with Crippen molar-refractivity contribution in [3.63, 3.8) is 0 Å². The first-order valence-electron chi connectivity index (χ1n) is 8.34. The van der Waals surface area contributed by atoms with Gasteiger partial charge in [0.25, 0.3) is 0 Å². The highest BCUT2D eigenvalue weighted by molar-refractivity contribution is 5.23. The van der Waals surface area contributed by atoms with Crippen LogP contribution in [0.5, 0.6) is 0 Å². The Morgan fingerprint density at radius 1 is 1.10 bits per heavy atom. The highest BCUT2D eigenvalue weighted by Gasteiger charge is 2.29. The Bertz CT molecular complexity index is 415. The fourth-order valence-electron chi connectivity index (χ4n) is 3.25. The fraction of sp³-hybridized carbons (Fsp3) is 0.667. The molecule has 0 radical (unpaired) electrons. The van der Waals surface area contributed by atoms with Gasteiger partial charge in [-0.1, -0.05) is 38.1 Å². The molecule has 118 valence electrons. The quantitative estimate of drug-likeness (QED) is 0.864. The molecule has 0 saturated carbocycles. The summed E-state index contributed by atoms with van der Waals surface area (Å²) in [5.74, 6) is 0. The van der Waals surface area contributed by atoms with Gasteiger partial charge in [-0.2, -0.15) is 0 Å². The summed E-state index contributed by atoms with van der Waals surface area (Å²) in [6.07, 6.45) is 2.23. The summed E-state index contributed by atoms with van der Waals surface area (Å²) in [5.41, 5.74) is 2.87. The van der Waals surface area contributed by atoms with E-state index in [-0.39, 0.29) is 0 Å². The SMILES string of the molecule is CCNC(Cc1ccc(CC)cc1)C1CN(C)CCN1C. The molecule has 1 saturated heterocycles. The van der Waals surface area contributed by atoms with Crippen LogP contribution in [0.15, 0.2) is 24.3 Å². The number of hydrogen-bond acceptors (Lipinski definition) is 3. The Hall–Kier alpha value is -0.900. The van der Waals surface area contributed by atoms with E-state index >= 15 is 0 Å². The van der Waals surface area contributed by atoms with E-state index < -0.39 is 0 Å². The van der Waals surface area contributed by atoms with Crippen molar-refractivity contribution in [1.82, 2.24) is 15.1 Å². The van der Waals surface area contributed by atoms with Crippen LogP contribution in [0.4, 0.5) is 0 Å². The minimum Gasteiger partial charge on any atom is -0.312 e. The lowest BCUT2D eigenvalue weighted by molar-refractivity contribution is 0.0881. The molecule has 0 aromatic heterocycles. The van der Waals surface area contributed by atoms with Gasteiger partial charge in [-0.15, -0.1) is 0 Å². The molecule has 2 rings (SSSR count). The van der Waals surface area contributed by atoms with Gasteiger partial charge in [0.05, 0.1) is 0 Å². The number of piperazine rings is 1. The van der Waals surface area contributed by atoms with Crippen LogP contribution in [0.2, 0.25) is 0 Å². The zero-order valence-corrected chi connectivity index (χ0v) is 14.1. The number of likely N-dealkylation sites (N-methyl/N-ethyl adjacent to an activating group) is 3. The standard InChI is InChI=1S/C18H31N3/c1-5-15-7-9-16(10-8-15)13-17(19-6-2)18-14-20(3)11-12-21(18)4/h7-10,17-19H,5-6,11-14H2,1-4H3. The minimum atomic E-state index is 0.523. The van der Waals surface area contributed by atoms with Gasteiger partial charge in [-0.3, -0.25) is 4.90 Å². The molecule has 1 aromatic carbocycles. The molecule has 1 aromatic rings. The summed E-state index contributed by atoms with van der Waals surface area (Å²) in [6, 6.07) is 10.3. The lowest BCUT2D eigenvalue weighted by Gasteiger charge is -2.42. The molecule has 0 aliphatic carbocycles. The molecule has 0 spiro atoms. The Balaban J connectivity index is 2.06. The lowest BCUT2D eigenvalue weighted by Crippen LogP contribution is -2.59. The van der Waals surface area contributed by atoms with Crippen LogP contribution >= 0.6 is 0 Å². The van der Waals surface area contributed by atoms with E-state index in [4.69, 9.17) is 0 Å². The first-order chi connectivity index (χ1) is 10.1. The van der Waals surface area contributed by atoms with Crippen LogP contribution < -0.4 is 5.32 Å². The number of nitrogens with one attached hydrogen (secondary N) is 1. The van der Waals surface area contributed by atoms with Crippen molar-refractivity contribution in [2.75, 3.05) is 40.3 Å². The topological polar surface area (TPSA) is 18.5 Å². The maximum absolute atomic E-state index is 3.71. The van der Waals surface area contributed by atoms with Crippen LogP contribution in [-0.2, 0) is 12.8 Å². The average molecular weight is 289 g/mol. The number of nitrogens with zero attached hydrogens (tertiary/aromatic N) is 2.